The van der Waals surface area contributed by atoms with E-state index in [2.05, 4.69) is 23.1 Å². The molecular weight excluding hydrogens is 298 g/mol. The molecule has 0 aromatic heterocycles. The lowest BCUT2D eigenvalue weighted by atomic mass is 9.85. The average Bonchev–Trinajstić information content (AvgIpc) is 3.15. The van der Waals surface area contributed by atoms with E-state index in [1.807, 2.05) is 12.1 Å². The molecule has 1 atom stereocenters. The Morgan fingerprint density at radius 2 is 1.67 bits per heavy atom. The molecule has 1 unspecified atom stereocenters. The molecule has 1 aliphatic carbocycles. The fraction of sp³-hybridized carbons (Fsp3) is 0.381. The first kappa shape index (κ1) is 15.4. The van der Waals surface area contributed by atoms with E-state index >= 15 is 0 Å². The lowest BCUT2D eigenvalue weighted by Gasteiger charge is -2.32. The molecule has 0 radical (unpaired) electrons. The molecule has 1 fully saturated rings. The number of carboxylic acids is 1. The van der Waals surface area contributed by atoms with E-state index in [0.29, 0.717) is 5.56 Å². The van der Waals surface area contributed by atoms with Crippen LogP contribution in [0.1, 0.15) is 40.7 Å². The Balaban J connectivity index is 1.54. The van der Waals surface area contributed by atoms with Gasteiger partial charge in [-0.05, 0) is 79.6 Å². The standard InChI is InChI=1S/C21H23NO2/c23-21(24)16-5-3-15(4-6-16)17-7-8-19-14-20(10-9-18(19)13-17)22-11-1-2-12-22/h3-8,13,20H,1-2,9-12,14H2,(H,23,24). The van der Waals surface area contributed by atoms with Crippen LogP contribution in [-0.4, -0.2) is 35.1 Å². The lowest BCUT2D eigenvalue weighted by Crippen LogP contribution is -2.37. The number of aromatic carboxylic acids is 1. The van der Waals surface area contributed by atoms with Gasteiger partial charge in [-0.1, -0.05) is 30.3 Å². The van der Waals surface area contributed by atoms with Gasteiger partial charge in [0, 0.05) is 6.04 Å². The number of carboxylic acid groups (broad SMARTS) is 1. The van der Waals surface area contributed by atoms with Crippen LogP contribution >= 0.6 is 0 Å². The largest absolute Gasteiger partial charge is 0.478 e. The smallest absolute Gasteiger partial charge is 0.335 e. The van der Waals surface area contributed by atoms with Crippen LogP contribution in [0.3, 0.4) is 0 Å². The summed E-state index contributed by atoms with van der Waals surface area (Å²) >= 11 is 0. The van der Waals surface area contributed by atoms with Gasteiger partial charge in [-0.15, -0.1) is 0 Å². The third kappa shape index (κ3) is 2.96. The number of aryl methyl sites for hydroxylation is 1. The Bertz CT molecular complexity index is 745. The maximum absolute atomic E-state index is 11.0. The highest BCUT2D eigenvalue weighted by atomic mass is 16.4. The fourth-order valence-corrected chi connectivity index (χ4v) is 4.14. The van der Waals surface area contributed by atoms with Crippen LogP contribution in [0.2, 0.25) is 0 Å². The van der Waals surface area contributed by atoms with Crippen molar-refractivity contribution in [3.63, 3.8) is 0 Å². The van der Waals surface area contributed by atoms with Gasteiger partial charge >= 0.3 is 5.97 Å². The number of benzene rings is 2. The van der Waals surface area contributed by atoms with Crippen molar-refractivity contribution in [3.8, 4) is 11.1 Å². The summed E-state index contributed by atoms with van der Waals surface area (Å²) in [6, 6.07) is 14.6. The number of likely N-dealkylation sites (tertiary alicyclic amines) is 1. The maximum Gasteiger partial charge on any atom is 0.335 e. The van der Waals surface area contributed by atoms with Gasteiger partial charge in [-0.2, -0.15) is 0 Å². The summed E-state index contributed by atoms with van der Waals surface area (Å²) in [5, 5.41) is 9.02. The Labute approximate surface area is 142 Å². The monoisotopic (exact) mass is 321 g/mol. The second-order valence-corrected chi connectivity index (χ2v) is 7.01. The molecule has 1 aliphatic heterocycles. The van der Waals surface area contributed by atoms with Crippen LogP contribution in [0.4, 0.5) is 0 Å². The van der Waals surface area contributed by atoms with E-state index in [4.69, 9.17) is 5.11 Å². The van der Waals surface area contributed by atoms with Crippen molar-refractivity contribution in [2.24, 2.45) is 0 Å². The zero-order chi connectivity index (χ0) is 16.5. The number of rotatable bonds is 3. The summed E-state index contributed by atoms with van der Waals surface area (Å²) in [6.45, 7) is 2.54. The Morgan fingerprint density at radius 3 is 2.38 bits per heavy atom. The summed E-state index contributed by atoms with van der Waals surface area (Å²) < 4.78 is 0. The molecule has 0 spiro atoms. The molecule has 2 aliphatic rings. The molecule has 2 aromatic carbocycles. The number of hydrogen-bond acceptors (Lipinski definition) is 2. The van der Waals surface area contributed by atoms with Gasteiger partial charge in [0.1, 0.15) is 0 Å². The minimum Gasteiger partial charge on any atom is -0.478 e. The first-order valence-corrected chi connectivity index (χ1v) is 8.90. The minimum absolute atomic E-state index is 0.338. The summed E-state index contributed by atoms with van der Waals surface area (Å²) in [5.41, 5.74) is 5.56. The topological polar surface area (TPSA) is 40.5 Å². The van der Waals surface area contributed by atoms with E-state index in [1.165, 1.54) is 55.5 Å². The van der Waals surface area contributed by atoms with Crippen LogP contribution in [0.5, 0.6) is 0 Å². The first-order valence-electron chi connectivity index (χ1n) is 8.90. The van der Waals surface area contributed by atoms with Crippen molar-refractivity contribution in [3.05, 3.63) is 59.2 Å². The quantitative estimate of drug-likeness (QED) is 0.929. The van der Waals surface area contributed by atoms with Gasteiger partial charge in [0.2, 0.25) is 0 Å². The molecule has 4 rings (SSSR count). The van der Waals surface area contributed by atoms with E-state index in [-0.39, 0.29) is 0 Å². The molecule has 24 heavy (non-hydrogen) atoms. The van der Waals surface area contributed by atoms with Crippen LogP contribution in [0.15, 0.2) is 42.5 Å². The average molecular weight is 321 g/mol. The lowest BCUT2D eigenvalue weighted by molar-refractivity contribution is 0.0697. The molecule has 0 bridgehead atoms. The van der Waals surface area contributed by atoms with Gasteiger partial charge in [0.15, 0.2) is 0 Å². The van der Waals surface area contributed by atoms with E-state index < -0.39 is 5.97 Å². The van der Waals surface area contributed by atoms with Crippen molar-refractivity contribution in [1.82, 2.24) is 4.90 Å². The Morgan fingerprint density at radius 1 is 0.958 bits per heavy atom. The predicted octanol–water partition coefficient (Wildman–Crippen LogP) is 4.00. The van der Waals surface area contributed by atoms with Crippen LogP contribution in [0.25, 0.3) is 11.1 Å². The molecule has 1 N–H and O–H groups in total. The van der Waals surface area contributed by atoms with Gasteiger partial charge < -0.3 is 10.0 Å². The summed E-state index contributed by atoms with van der Waals surface area (Å²) in [4.78, 5) is 13.6. The number of fused-ring (bicyclic) bond motifs is 1. The normalized spacial score (nSPS) is 20.8. The van der Waals surface area contributed by atoms with Crippen molar-refractivity contribution in [2.45, 2.75) is 38.1 Å². The summed E-state index contributed by atoms with van der Waals surface area (Å²) in [7, 11) is 0. The second kappa shape index (κ2) is 6.40. The van der Waals surface area contributed by atoms with Gasteiger partial charge in [0.25, 0.3) is 0 Å². The third-order valence-corrected chi connectivity index (χ3v) is 5.53. The first-order chi connectivity index (χ1) is 11.7. The van der Waals surface area contributed by atoms with Crippen molar-refractivity contribution >= 4 is 5.97 Å². The van der Waals surface area contributed by atoms with Crippen LogP contribution in [0, 0.1) is 0 Å². The zero-order valence-corrected chi connectivity index (χ0v) is 13.9. The number of carbonyl (C=O) groups is 1. The molecule has 0 saturated carbocycles. The molecule has 0 amide bonds. The second-order valence-electron chi connectivity index (χ2n) is 7.01. The highest BCUT2D eigenvalue weighted by molar-refractivity contribution is 5.88. The molecular formula is C21H23NO2. The summed E-state index contributed by atoms with van der Waals surface area (Å²) in [6.07, 6.45) is 6.29. The highest BCUT2D eigenvalue weighted by Crippen LogP contribution is 2.30. The fourth-order valence-electron chi connectivity index (χ4n) is 4.14. The minimum atomic E-state index is -0.875. The highest BCUT2D eigenvalue weighted by Gasteiger charge is 2.26. The van der Waals surface area contributed by atoms with Crippen molar-refractivity contribution < 1.29 is 9.90 Å². The van der Waals surface area contributed by atoms with Gasteiger partial charge in [-0.25, -0.2) is 4.79 Å². The Hall–Kier alpha value is -2.13. The van der Waals surface area contributed by atoms with Gasteiger partial charge in [0.05, 0.1) is 5.56 Å². The van der Waals surface area contributed by atoms with Crippen molar-refractivity contribution in [2.75, 3.05) is 13.1 Å². The van der Waals surface area contributed by atoms with Crippen LogP contribution < -0.4 is 0 Å². The molecule has 3 nitrogen and oxygen atoms in total. The molecule has 124 valence electrons. The molecule has 1 saturated heterocycles. The number of nitrogens with zero attached hydrogens (tertiary/aromatic N) is 1. The molecule has 3 heteroatoms. The SMILES string of the molecule is O=C(O)c1ccc(-c2ccc3c(c2)CCC(N2CCCC2)C3)cc1. The molecule has 1 heterocycles. The van der Waals surface area contributed by atoms with E-state index in [9.17, 15) is 4.79 Å². The molecule has 2 aromatic rings. The maximum atomic E-state index is 11.0. The van der Waals surface area contributed by atoms with E-state index in [1.54, 1.807) is 12.1 Å². The van der Waals surface area contributed by atoms with Gasteiger partial charge in [-0.3, -0.25) is 0 Å². The Kier molecular flexibility index (Phi) is 4.11. The summed E-state index contributed by atoms with van der Waals surface area (Å²) in [5.74, 6) is -0.875. The van der Waals surface area contributed by atoms with E-state index in [0.717, 1.165) is 18.0 Å². The van der Waals surface area contributed by atoms with Crippen molar-refractivity contribution in [1.29, 1.82) is 0 Å². The third-order valence-electron chi connectivity index (χ3n) is 5.53. The predicted molar refractivity (Wildman–Crippen MR) is 95.5 cm³/mol. The zero-order valence-electron chi connectivity index (χ0n) is 13.9. The van der Waals surface area contributed by atoms with Crippen LogP contribution in [-0.2, 0) is 12.8 Å². The number of hydrogen-bond donors (Lipinski definition) is 1.